The van der Waals surface area contributed by atoms with Crippen LogP contribution in [0.25, 0.3) is 0 Å². The van der Waals surface area contributed by atoms with E-state index in [1.807, 2.05) is 19.1 Å². The maximum Gasteiger partial charge on any atom is 0.191 e. The molecule has 28 heavy (non-hydrogen) atoms. The van der Waals surface area contributed by atoms with Crippen molar-refractivity contribution in [3.8, 4) is 5.75 Å². The van der Waals surface area contributed by atoms with Crippen LogP contribution in [0.1, 0.15) is 31.7 Å². The highest BCUT2D eigenvalue weighted by Gasteiger charge is 2.20. The highest BCUT2D eigenvalue weighted by molar-refractivity contribution is 7.91. The van der Waals surface area contributed by atoms with Crippen LogP contribution in [0, 0.1) is 0 Å². The van der Waals surface area contributed by atoms with Crippen molar-refractivity contribution in [3.63, 3.8) is 0 Å². The molecule has 0 spiro atoms. The van der Waals surface area contributed by atoms with Crippen LogP contribution in [-0.4, -0.2) is 77.2 Å². The molecule has 0 amide bonds. The summed E-state index contributed by atoms with van der Waals surface area (Å²) in [6, 6.07) is 8.20. The van der Waals surface area contributed by atoms with Crippen molar-refractivity contribution in [2.24, 2.45) is 4.99 Å². The molecule has 1 heterocycles. The Labute approximate surface area is 169 Å². The number of ether oxygens (including phenoxy) is 1. The number of hydrogen-bond acceptors (Lipinski definition) is 5. The van der Waals surface area contributed by atoms with Gasteiger partial charge in [-0.05, 0) is 37.0 Å². The smallest absolute Gasteiger partial charge is 0.191 e. The molecular formula is C20H34N4O3S. The van der Waals surface area contributed by atoms with E-state index in [-0.39, 0.29) is 11.5 Å². The number of methoxy groups -OCH3 is 1. The number of aliphatic imine (C=N–C) groups is 1. The fourth-order valence-corrected chi connectivity index (χ4v) is 4.39. The van der Waals surface area contributed by atoms with Gasteiger partial charge in [-0.1, -0.05) is 19.1 Å². The minimum atomic E-state index is -2.82. The summed E-state index contributed by atoms with van der Waals surface area (Å²) in [5.41, 5.74) is 1.29. The maximum atomic E-state index is 11.5. The first-order valence-electron chi connectivity index (χ1n) is 10.0. The van der Waals surface area contributed by atoms with Crippen molar-refractivity contribution >= 4 is 15.8 Å². The summed E-state index contributed by atoms with van der Waals surface area (Å²) in [5.74, 6) is 2.65. The quantitative estimate of drug-likeness (QED) is 0.474. The molecule has 1 saturated heterocycles. The highest BCUT2D eigenvalue weighted by atomic mass is 32.2. The average Bonchev–Trinajstić information content (AvgIpc) is 2.69. The monoisotopic (exact) mass is 410 g/mol. The summed E-state index contributed by atoms with van der Waals surface area (Å²) < 4.78 is 28.2. The van der Waals surface area contributed by atoms with Gasteiger partial charge in [0.15, 0.2) is 15.8 Å². The molecule has 0 saturated carbocycles. The SMILES string of the molecule is CCNC(=NCCC(C)c1ccc(OC)cc1)NCCN1CCS(=O)(=O)CC1. The fraction of sp³-hybridized carbons (Fsp3) is 0.650. The Morgan fingerprint density at radius 2 is 1.89 bits per heavy atom. The van der Waals surface area contributed by atoms with Gasteiger partial charge in [0.1, 0.15) is 5.75 Å². The van der Waals surface area contributed by atoms with Gasteiger partial charge < -0.3 is 15.4 Å². The van der Waals surface area contributed by atoms with Gasteiger partial charge >= 0.3 is 0 Å². The van der Waals surface area contributed by atoms with Crippen molar-refractivity contribution in [3.05, 3.63) is 29.8 Å². The molecule has 0 radical (unpaired) electrons. The van der Waals surface area contributed by atoms with E-state index in [4.69, 9.17) is 4.74 Å². The molecule has 1 aliphatic heterocycles. The lowest BCUT2D eigenvalue weighted by Crippen LogP contribution is -2.46. The lowest BCUT2D eigenvalue weighted by molar-refractivity contribution is 0.299. The van der Waals surface area contributed by atoms with Crippen LogP contribution in [-0.2, 0) is 9.84 Å². The number of guanidine groups is 1. The van der Waals surface area contributed by atoms with Gasteiger partial charge in [0, 0.05) is 39.3 Å². The molecule has 1 aromatic carbocycles. The molecule has 0 bridgehead atoms. The van der Waals surface area contributed by atoms with Crippen LogP contribution >= 0.6 is 0 Å². The Morgan fingerprint density at radius 1 is 1.21 bits per heavy atom. The number of benzene rings is 1. The normalized spacial score (nSPS) is 18.5. The van der Waals surface area contributed by atoms with Gasteiger partial charge in [0.25, 0.3) is 0 Å². The van der Waals surface area contributed by atoms with Crippen molar-refractivity contribution in [1.29, 1.82) is 0 Å². The van der Waals surface area contributed by atoms with E-state index in [1.165, 1.54) is 5.56 Å². The molecule has 1 aliphatic rings. The summed E-state index contributed by atoms with van der Waals surface area (Å²) in [4.78, 5) is 6.86. The van der Waals surface area contributed by atoms with E-state index in [2.05, 4.69) is 39.6 Å². The summed E-state index contributed by atoms with van der Waals surface area (Å²) in [7, 11) is -1.14. The van der Waals surface area contributed by atoms with Crippen LogP contribution in [0.3, 0.4) is 0 Å². The van der Waals surface area contributed by atoms with Crippen LogP contribution in [0.15, 0.2) is 29.3 Å². The first kappa shape index (κ1) is 22.5. The topological polar surface area (TPSA) is 83.0 Å². The van der Waals surface area contributed by atoms with Crippen molar-refractivity contribution < 1.29 is 13.2 Å². The second-order valence-corrected chi connectivity index (χ2v) is 9.45. The zero-order valence-corrected chi connectivity index (χ0v) is 18.1. The molecule has 1 aromatic rings. The standard InChI is InChI=1S/C20H34N4O3S/c1-4-21-20(23-11-12-24-13-15-28(25,26)16-14-24)22-10-9-17(2)18-5-7-19(27-3)8-6-18/h5-8,17H,4,9-16H2,1-3H3,(H2,21,22,23). The Morgan fingerprint density at radius 3 is 2.50 bits per heavy atom. The van der Waals surface area contributed by atoms with Gasteiger partial charge in [0.2, 0.25) is 0 Å². The molecule has 0 aliphatic carbocycles. The molecule has 158 valence electrons. The molecule has 7 nitrogen and oxygen atoms in total. The second kappa shape index (κ2) is 11.3. The predicted molar refractivity (Wildman–Crippen MR) is 115 cm³/mol. The van der Waals surface area contributed by atoms with E-state index in [9.17, 15) is 8.42 Å². The molecule has 1 unspecified atom stereocenters. The van der Waals surface area contributed by atoms with E-state index in [1.54, 1.807) is 7.11 Å². The zero-order chi connectivity index (χ0) is 20.4. The number of sulfone groups is 1. The van der Waals surface area contributed by atoms with Gasteiger partial charge in [-0.2, -0.15) is 0 Å². The Bertz CT molecular complexity index is 705. The van der Waals surface area contributed by atoms with Crippen molar-refractivity contribution in [2.45, 2.75) is 26.2 Å². The Balaban J connectivity index is 1.74. The highest BCUT2D eigenvalue weighted by Crippen LogP contribution is 2.21. The largest absolute Gasteiger partial charge is 0.497 e. The molecule has 8 heteroatoms. The lowest BCUT2D eigenvalue weighted by Gasteiger charge is -2.26. The summed E-state index contributed by atoms with van der Waals surface area (Å²) in [6.07, 6.45) is 0.965. The van der Waals surface area contributed by atoms with Gasteiger partial charge in [-0.25, -0.2) is 8.42 Å². The molecule has 1 atom stereocenters. The van der Waals surface area contributed by atoms with E-state index in [0.29, 0.717) is 19.0 Å². The van der Waals surface area contributed by atoms with Crippen molar-refractivity contribution in [2.75, 3.05) is 57.9 Å². The molecule has 2 rings (SSSR count). The predicted octanol–water partition coefficient (Wildman–Crippen LogP) is 1.47. The number of nitrogens with zero attached hydrogens (tertiary/aromatic N) is 2. The first-order chi connectivity index (χ1) is 13.4. The summed E-state index contributed by atoms with van der Waals surface area (Å²) in [6.45, 7) is 8.62. The minimum Gasteiger partial charge on any atom is -0.497 e. The van der Waals surface area contributed by atoms with Gasteiger partial charge in [-0.15, -0.1) is 0 Å². The minimum absolute atomic E-state index is 0.268. The van der Waals surface area contributed by atoms with E-state index < -0.39 is 9.84 Å². The number of nitrogens with one attached hydrogen (secondary N) is 2. The van der Waals surface area contributed by atoms with Crippen LogP contribution in [0.2, 0.25) is 0 Å². The fourth-order valence-electron chi connectivity index (χ4n) is 3.12. The van der Waals surface area contributed by atoms with E-state index >= 15 is 0 Å². The second-order valence-electron chi connectivity index (χ2n) is 7.14. The first-order valence-corrected chi connectivity index (χ1v) is 11.8. The number of rotatable bonds is 9. The Kier molecular flexibility index (Phi) is 9.05. The third kappa shape index (κ3) is 7.67. The number of hydrogen-bond donors (Lipinski definition) is 2. The lowest BCUT2D eigenvalue weighted by atomic mass is 9.98. The molecule has 2 N–H and O–H groups in total. The molecular weight excluding hydrogens is 376 g/mol. The molecule has 1 fully saturated rings. The van der Waals surface area contributed by atoms with E-state index in [0.717, 1.165) is 44.3 Å². The van der Waals surface area contributed by atoms with Crippen molar-refractivity contribution in [1.82, 2.24) is 15.5 Å². The Hall–Kier alpha value is -1.80. The summed E-state index contributed by atoms with van der Waals surface area (Å²) >= 11 is 0. The average molecular weight is 411 g/mol. The van der Waals surface area contributed by atoms with Crippen LogP contribution in [0.4, 0.5) is 0 Å². The van der Waals surface area contributed by atoms with Crippen LogP contribution in [0.5, 0.6) is 5.75 Å². The third-order valence-corrected chi connectivity index (χ3v) is 6.63. The molecule has 0 aromatic heterocycles. The van der Waals surface area contributed by atoms with Gasteiger partial charge in [0.05, 0.1) is 18.6 Å². The zero-order valence-electron chi connectivity index (χ0n) is 17.3. The van der Waals surface area contributed by atoms with Gasteiger partial charge in [-0.3, -0.25) is 9.89 Å². The van der Waals surface area contributed by atoms with Crippen LogP contribution < -0.4 is 15.4 Å². The maximum absolute atomic E-state index is 11.5. The summed E-state index contributed by atoms with van der Waals surface area (Å²) in [5, 5.41) is 6.62. The third-order valence-electron chi connectivity index (χ3n) is 5.02.